The minimum absolute atomic E-state index is 1.17. The molecule has 0 saturated carbocycles. The molecule has 0 nitrogen and oxygen atoms in total. The molecule has 0 bridgehead atoms. The maximum absolute atomic E-state index is 3.63. The molecule has 0 atom stereocenters. The van der Waals surface area contributed by atoms with E-state index >= 15 is 0 Å². The molecule has 0 unspecified atom stereocenters. The van der Waals surface area contributed by atoms with Gasteiger partial charge in [0.2, 0.25) is 0 Å². The Labute approximate surface area is 76.9 Å². The molecular formula is C12H20. The normalized spacial score (nSPS) is 6.67. The average Bonchev–Trinajstić information content (AvgIpc) is 2.25. The molecule has 68 valence electrons. The van der Waals surface area contributed by atoms with Gasteiger partial charge in [0.15, 0.2) is 0 Å². The Balaban J connectivity index is 0. The highest BCUT2D eigenvalue weighted by atomic mass is 13.8. The maximum atomic E-state index is 3.63. The van der Waals surface area contributed by atoms with E-state index in [1.807, 2.05) is 64.1 Å². The number of hydrogen-bond acceptors (Lipinski definition) is 0. The van der Waals surface area contributed by atoms with Crippen molar-refractivity contribution in [1.82, 2.24) is 0 Å². The molecule has 0 saturated heterocycles. The summed E-state index contributed by atoms with van der Waals surface area (Å²) in [6.07, 6.45) is 1.83. The van der Waals surface area contributed by atoms with Crippen molar-refractivity contribution in [2.75, 3.05) is 0 Å². The fraction of sp³-hybridized carbons (Fsp3) is 0.333. The van der Waals surface area contributed by atoms with E-state index in [0.717, 1.165) is 0 Å². The van der Waals surface area contributed by atoms with Crippen molar-refractivity contribution in [3.05, 3.63) is 42.5 Å². The second-order valence-corrected chi connectivity index (χ2v) is 1.61. The van der Waals surface area contributed by atoms with Crippen LogP contribution >= 0.6 is 0 Å². The van der Waals surface area contributed by atoms with Gasteiger partial charge < -0.3 is 0 Å². The van der Waals surface area contributed by atoms with E-state index < -0.39 is 0 Å². The Hall–Kier alpha value is -1.04. The summed E-state index contributed by atoms with van der Waals surface area (Å²) in [7, 11) is 0. The van der Waals surface area contributed by atoms with Gasteiger partial charge >= 0.3 is 0 Å². The van der Waals surface area contributed by atoms with E-state index in [4.69, 9.17) is 0 Å². The van der Waals surface area contributed by atoms with Crippen LogP contribution in [0.1, 0.15) is 33.3 Å². The van der Waals surface area contributed by atoms with Crippen LogP contribution in [0.3, 0.4) is 0 Å². The molecule has 1 rings (SSSR count). The third-order valence-electron chi connectivity index (χ3n) is 1.04. The molecule has 0 N–H and O–H groups in total. The summed E-state index contributed by atoms with van der Waals surface area (Å²) in [5.74, 6) is 0. The van der Waals surface area contributed by atoms with Crippen molar-refractivity contribution in [2.45, 2.75) is 27.7 Å². The van der Waals surface area contributed by atoms with Gasteiger partial charge in [-0.2, -0.15) is 0 Å². The first kappa shape index (κ1) is 13.5. The van der Waals surface area contributed by atoms with Crippen LogP contribution in [0.15, 0.2) is 36.9 Å². The Morgan fingerprint density at radius 1 is 0.917 bits per heavy atom. The molecule has 0 amide bonds. The zero-order valence-electron chi connectivity index (χ0n) is 8.67. The SMILES string of the molecule is C=Cc1ccccc1.CC.CC. The molecule has 0 aliphatic heterocycles. The zero-order chi connectivity index (χ0) is 9.82. The van der Waals surface area contributed by atoms with Crippen LogP contribution in [0.2, 0.25) is 0 Å². The molecule has 0 heteroatoms. The summed E-state index contributed by atoms with van der Waals surface area (Å²) in [6.45, 7) is 11.6. The van der Waals surface area contributed by atoms with Crippen LogP contribution in [0.5, 0.6) is 0 Å². The highest BCUT2D eigenvalue weighted by Crippen LogP contribution is 1.97. The van der Waals surface area contributed by atoms with Gasteiger partial charge in [-0.3, -0.25) is 0 Å². The fourth-order valence-corrected chi connectivity index (χ4v) is 0.589. The van der Waals surface area contributed by atoms with Gasteiger partial charge in [-0.25, -0.2) is 0 Å². The number of benzene rings is 1. The van der Waals surface area contributed by atoms with Gasteiger partial charge in [0.05, 0.1) is 0 Å². The molecular weight excluding hydrogens is 144 g/mol. The van der Waals surface area contributed by atoms with E-state index in [1.165, 1.54) is 5.56 Å². The van der Waals surface area contributed by atoms with E-state index in [0.29, 0.717) is 0 Å². The van der Waals surface area contributed by atoms with Crippen LogP contribution in [0.4, 0.5) is 0 Å². The first-order valence-corrected chi connectivity index (χ1v) is 4.61. The van der Waals surface area contributed by atoms with E-state index in [9.17, 15) is 0 Å². The van der Waals surface area contributed by atoms with Crippen molar-refractivity contribution in [1.29, 1.82) is 0 Å². The van der Waals surface area contributed by atoms with Crippen LogP contribution in [-0.4, -0.2) is 0 Å². The number of rotatable bonds is 1. The highest BCUT2D eigenvalue weighted by Gasteiger charge is 1.75. The van der Waals surface area contributed by atoms with Crippen molar-refractivity contribution in [3.8, 4) is 0 Å². The summed E-state index contributed by atoms with van der Waals surface area (Å²) in [5.41, 5.74) is 1.17. The van der Waals surface area contributed by atoms with Gasteiger partial charge in [0.25, 0.3) is 0 Å². The predicted molar refractivity (Wildman–Crippen MR) is 59.2 cm³/mol. The Kier molecular flexibility index (Phi) is 14.2. The quantitative estimate of drug-likeness (QED) is 0.577. The second kappa shape index (κ2) is 12.6. The third-order valence-corrected chi connectivity index (χ3v) is 1.04. The van der Waals surface area contributed by atoms with Crippen molar-refractivity contribution in [2.24, 2.45) is 0 Å². The van der Waals surface area contributed by atoms with Crippen LogP contribution in [-0.2, 0) is 0 Å². The summed E-state index contributed by atoms with van der Waals surface area (Å²) in [6, 6.07) is 10.0. The van der Waals surface area contributed by atoms with Gasteiger partial charge in [0.1, 0.15) is 0 Å². The third kappa shape index (κ3) is 7.07. The second-order valence-electron chi connectivity index (χ2n) is 1.61. The summed E-state index contributed by atoms with van der Waals surface area (Å²) < 4.78 is 0. The topological polar surface area (TPSA) is 0 Å². The molecule has 0 fully saturated rings. The molecule has 0 aromatic heterocycles. The van der Waals surface area contributed by atoms with Crippen molar-refractivity contribution >= 4 is 6.08 Å². The molecule has 0 radical (unpaired) electrons. The Morgan fingerprint density at radius 3 is 1.58 bits per heavy atom. The van der Waals surface area contributed by atoms with Crippen molar-refractivity contribution < 1.29 is 0 Å². The van der Waals surface area contributed by atoms with Gasteiger partial charge in [0, 0.05) is 0 Å². The molecule has 1 aromatic carbocycles. The first-order valence-electron chi connectivity index (χ1n) is 4.61. The molecule has 0 aliphatic rings. The standard InChI is InChI=1S/C8H8.2C2H6/c1-2-8-6-4-3-5-7-8;2*1-2/h2-7H,1H2;2*1-2H3. The zero-order valence-corrected chi connectivity index (χ0v) is 8.67. The van der Waals surface area contributed by atoms with Crippen LogP contribution < -0.4 is 0 Å². The Morgan fingerprint density at radius 2 is 1.33 bits per heavy atom. The van der Waals surface area contributed by atoms with E-state index in [1.54, 1.807) is 0 Å². The monoisotopic (exact) mass is 164 g/mol. The lowest BCUT2D eigenvalue weighted by atomic mass is 10.2. The molecule has 0 aliphatic carbocycles. The lowest BCUT2D eigenvalue weighted by molar-refractivity contribution is 1.50. The van der Waals surface area contributed by atoms with Crippen LogP contribution in [0, 0.1) is 0 Å². The summed E-state index contributed by atoms with van der Waals surface area (Å²) in [5, 5.41) is 0. The van der Waals surface area contributed by atoms with Gasteiger partial charge in [-0.15, -0.1) is 0 Å². The minimum Gasteiger partial charge on any atom is -0.0985 e. The summed E-state index contributed by atoms with van der Waals surface area (Å²) >= 11 is 0. The Bertz CT molecular complexity index is 163. The largest absolute Gasteiger partial charge is 0.0985 e. The maximum Gasteiger partial charge on any atom is -0.0263 e. The smallest absolute Gasteiger partial charge is 0.0263 e. The first-order chi connectivity index (χ1) is 5.93. The summed E-state index contributed by atoms with van der Waals surface area (Å²) in [4.78, 5) is 0. The van der Waals surface area contributed by atoms with Crippen LogP contribution in [0.25, 0.3) is 6.08 Å². The number of hydrogen-bond donors (Lipinski definition) is 0. The lowest BCUT2D eigenvalue weighted by Crippen LogP contribution is -1.63. The fourth-order valence-electron chi connectivity index (χ4n) is 0.589. The van der Waals surface area contributed by atoms with E-state index in [-0.39, 0.29) is 0 Å². The average molecular weight is 164 g/mol. The molecule has 1 aromatic rings. The molecule has 0 spiro atoms. The predicted octanol–water partition coefficient (Wildman–Crippen LogP) is 4.38. The van der Waals surface area contributed by atoms with Crippen molar-refractivity contribution in [3.63, 3.8) is 0 Å². The minimum atomic E-state index is 1.17. The molecule has 12 heavy (non-hydrogen) atoms. The van der Waals surface area contributed by atoms with E-state index in [2.05, 4.69) is 6.58 Å². The lowest BCUT2D eigenvalue weighted by Gasteiger charge is -1.85. The van der Waals surface area contributed by atoms with Gasteiger partial charge in [-0.1, -0.05) is 70.7 Å². The highest BCUT2D eigenvalue weighted by molar-refractivity contribution is 5.45. The molecule has 0 heterocycles. The van der Waals surface area contributed by atoms with Gasteiger partial charge in [-0.05, 0) is 5.56 Å².